The van der Waals surface area contributed by atoms with Gasteiger partial charge in [0, 0.05) is 12.5 Å². The molecule has 4 heteroatoms. The largest absolute Gasteiger partial charge is 0.327 e. The van der Waals surface area contributed by atoms with E-state index >= 15 is 0 Å². The van der Waals surface area contributed by atoms with Crippen molar-refractivity contribution in [1.29, 1.82) is 0 Å². The summed E-state index contributed by atoms with van der Waals surface area (Å²) in [4.78, 5) is 0. The first-order valence-electron chi connectivity index (χ1n) is 3.83. The van der Waals surface area contributed by atoms with E-state index < -0.39 is 0 Å². The van der Waals surface area contributed by atoms with Crippen LogP contribution < -0.4 is 5.73 Å². The summed E-state index contributed by atoms with van der Waals surface area (Å²) in [6.45, 7) is 2.14. The van der Waals surface area contributed by atoms with E-state index in [1.165, 1.54) is 0 Å². The van der Waals surface area contributed by atoms with Crippen LogP contribution in [0.4, 0.5) is 0 Å². The molecule has 3 nitrogen and oxygen atoms in total. The topological polar surface area (TPSA) is 51.8 Å². The van der Waals surface area contributed by atoms with Crippen molar-refractivity contribution >= 4 is 11.3 Å². The first-order valence-corrected chi connectivity index (χ1v) is 4.71. The van der Waals surface area contributed by atoms with Crippen molar-refractivity contribution in [3.8, 4) is 0 Å². The van der Waals surface area contributed by atoms with Crippen LogP contribution in [-0.4, -0.2) is 16.2 Å². The Hall–Kier alpha value is -0.480. The minimum atomic E-state index is 0.257. The Morgan fingerprint density at radius 2 is 2.55 bits per heavy atom. The Morgan fingerprint density at radius 3 is 3.09 bits per heavy atom. The van der Waals surface area contributed by atoms with Crippen molar-refractivity contribution in [2.45, 2.75) is 32.2 Å². The van der Waals surface area contributed by atoms with Crippen molar-refractivity contribution in [3.63, 3.8) is 0 Å². The number of aromatic nitrogens is 2. The second kappa shape index (κ2) is 4.41. The summed E-state index contributed by atoms with van der Waals surface area (Å²) in [7, 11) is 0. The SMILES string of the molecule is CCCC(N)Cc1nncs1. The van der Waals surface area contributed by atoms with Gasteiger partial charge in [0.2, 0.25) is 0 Å². The van der Waals surface area contributed by atoms with E-state index in [4.69, 9.17) is 5.73 Å². The van der Waals surface area contributed by atoms with E-state index in [0.717, 1.165) is 24.3 Å². The number of nitrogens with zero attached hydrogens (tertiary/aromatic N) is 2. The summed E-state index contributed by atoms with van der Waals surface area (Å²) < 4.78 is 0. The smallest absolute Gasteiger partial charge is 0.118 e. The number of nitrogens with two attached hydrogens (primary N) is 1. The minimum absolute atomic E-state index is 0.257. The minimum Gasteiger partial charge on any atom is -0.327 e. The molecule has 1 aromatic rings. The number of hydrogen-bond donors (Lipinski definition) is 1. The molecule has 0 aliphatic rings. The maximum absolute atomic E-state index is 5.81. The molecular formula is C7H13N3S. The molecule has 0 amide bonds. The summed E-state index contributed by atoms with van der Waals surface area (Å²) in [5.74, 6) is 0. The van der Waals surface area contributed by atoms with Crippen molar-refractivity contribution in [1.82, 2.24) is 10.2 Å². The van der Waals surface area contributed by atoms with E-state index in [-0.39, 0.29) is 6.04 Å². The van der Waals surface area contributed by atoms with Crippen LogP contribution >= 0.6 is 11.3 Å². The Morgan fingerprint density at radius 1 is 1.73 bits per heavy atom. The average Bonchev–Trinajstić information content (AvgIpc) is 2.40. The lowest BCUT2D eigenvalue weighted by Crippen LogP contribution is -2.22. The number of hydrogen-bond acceptors (Lipinski definition) is 4. The summed E-state index contributed by atoms with van der Waals surface area (Å²) in [5, 5.41) is 8.72. The lowest BCUT2D eigenvalue weighted by molar-refractivity contribution is 0.596. The fourth-order valence-corrected chi connectivity index (χ4v) is 1.60. The standard InChI is InChI=1S/C7H13N3S/c1-2-3-6(8)4-7-10-9-5-11-7/h5-6H,2-4,8H2,1H3. The van der Waals surface area contributed by atoms with Crippen LogP contribution in [0.5, 0.6) is 0 Å². The van der Waals surface area contributed by atoms with Gasteiger partial charge >= 0.3 is 0 Å². The molecule has 0 saturated carbocycles. The van der Waals surface area contributed by atoms with Gasteiger partial charge in [0.1, 0.15) is 10.5 Å². The van der Waals surface area contributed by atoms with Crippen LogP contribution in [0, 0.1) is 0 Å². The molecule has 1 atom stereocenters. The molecule has 0 fully saturated rings. The van der Waals surface area contributed by atoms with E-state index in [0.29, 0.717) is 0 Å². The Balaban J connectivity index is 2.31. The molecule has 1 unspecified atom stereocenters. The monoisotopic (exact) mass is 171 g/mol. The van der Waals surface area contributed by atoms with Gasteiger partial charge in [-0.3, -0.25) is 0 Å². The zero-order valence-electron chi connectivity index (χ0n) is 6.66. The second-order valence-corrected chi connectivity index (χ2v) is 3.50. The van der Waals surface area contributed by atoms with Crippen LogP contribution in [0.25, 0.3) is 0 Å². The molecule has 0 aliphatic heterocycles. The van der Waals surface area contributed by atoms with Crippen LogP contribution in [0.2, 0.25) is 0 Å². The fourth-order valence-electron chi connectivity index (χ4n) is 0.982. The predicted molar refractivity (Wildman–Crippen MR) is 46.5 cm³/mol. The molecule has 0 aromatic carbocycles. The molecule has 0 bridgehead atoms. The van der Waals surface area contributed by atoms with E-state index in [1.807, 2.05) is 0 Å². The molecule has 0 aliphatic carbocycles. The molecule has 0 radical (unpaired) electrons. The van der Waals surface area contributed by atoms with Gasteiger partial charge in [-0.25, -0.2) is 0 Å². The highest BCUT2D eigenvalue weighted by atomic mass is 32.1. The molecule has 2 N–H and O–H groups in total. The average molecular weight is 171 g/mol. The van der Waals surface area contributed by atoms with Gasteiger partial charge in [-0.05, 0) is 6.42 Å². The fraction of sp³-hybridized carbons (Fsp3) is 0.714. The third kappa shape index (κ3) is 2.95. The molecule has 62 valence electrons. The first-order chi connectivity index (χ1) is 5.33. The van der Waals surface area contributed by atoms with Crippen LogP contribution in [0.3, 0.4) is 0 Å². The molecule has 1 rings (SSSR count). The molecule has 1 aromatic heterocycles. The number of rotatable bonds is 4. The van der Waals surface area contributed by atoms with Gasteiger partial charge in [0.15, 0.2) is 0 Å². The van der Waals surface area contributed by atoms with E-state index in [2.05, 4.69) is 17.1 Å². The molecule has 1 heterocycles. The van der Waals surface area contributed by atoms with Gasteiger partial charge in [0.05, 0.1) is 0 Å². The molecule has 11 heavy (non-hydrogen) atoms. The zero-order valence-corrected chi connectivity index (χ0v) is 7.47. The van der Waals surface area contributed by atoms with Crippen molar-refractivity contribution in [2.75, 3.05) is 0 Å². The van der Waals surface area contributed by atoms with Crippen molar-refractivity contribution in [3.05, 3.63) is 10.5 Å². The summed E-state index contributed by atoms with van der Waals surface area (Å²) in [6, 6.07) is 0.257. The van der Waals surface area contributed by atoms with E-state index in [9.17, 15) is 0 Å². The molecule has 0 spiro atoms. The second-order valence-electron chi connectivity index (χ2n) is 2.59. The Kier molecular flexibility index (Phi) is 3.45. The van der Waals surface area contributed by atoms with Crippen LogP contribution in [0.1, 0.15) is 24.8 Å². The lowest BCUT2D eigenvalue weighted by atomic mass is 10.1. The van der Waals surface area contributed by atoms with Crippen LogP contribution in [-0.2, 0) is 6.42 Å². The van der Waals surface area contributed by atoms with Crippen LogP contribution in [0.15, 0.2) is 5.51 Å². The third-order valence-electron chi connectivity index (χ3n) is 1.50. The van der Waals surface area contributed by atoms with Gasteiger partial charge in [-0.2, -0.15) is 0 Å². The highest BCUT2D eigenvalue weighted by Gasteiger charge is 2.04. The highest BCUT2D eigenvalue weighted by molar-refractivity contribution is 7.09. The Labute approximate surface area is 70.6 Å². The maximum Gasteiger partial charge on any atom is 0.118 e. The third-order valence-corrected chi connectivity index (χ3v) is 2.22. The normalized spacial score (nSPS) is 13.3. The summed E-state index contributed by atoms with van der Waals surface area (Å²) >= 11 is 1.57. The van der Waals surface area contributed by atoms with Gasteiger partial charge in [-0.15, -0.1) is 21.5 Å². The molecular weight excluding hydrogens is 158 g/mol. The summed E-state index contributed by atoms with van der Waals surface area (Å²) in [5.41, 5.74) is 7.56. The van der Waals surface area contributed by atoms with E-state index in [1.54, 1.807) is 16.8 Å². The summed E-state index contributed by atoms with van der Waals surface area (Å²) in [6.07, 6.45) is 3.08. The first kappa shape index (κ1) is 8.62. The van der Waals surface area contributed by atoms with Crippen molar-refractivity contribution in [2.24, 2.45) is 5.73 Å². The quantitative estimate of drug-likeness (QED) is 0.740. The highest BCUT2D eigenvalue weighted by Crippen LogP contribution is 2.06. The van der Waals surface area contributed by atoms with Crippen molar-refractivity contribution < 1.29 is 0 Å². The van der Waals surface area contributed by atoms with Gasteiger partial charge in [0.25, 0.3) is 0 Å². The van der Waals surface area contributed by atoms with Gasteiger partial charge in [-0.1, -0.05) is 13.3 Å². The van der Waals surface area contributed by atoms with Gasteiger partial charge < -0.3 is 5.73 Å². The zero-order chi connectivity index (χ0) is 8.10. The molecule has 0 saturated heterocycles. The Bertz CT molecular complexity index is 186. The predicted octanol–water partition coefficient (Wildman–Crippen LogP) is 1.21. The maximum atomic E-state index is 5.81. The lowest BCUT2D eigenvalue weighted by Gasteiger charge is -2.05.